The van der Waals surface area contributed by atoms with Crippen LogP contribution in [0.3, 0.4) is 0 Å². The van der Waals surface area contributed by atoms with E-state index in [4.69, 9.17) is 4.74 Å². The molecule has 2 aliphatic rings. The summed E-state index contributed by atoms with van der Waals surface area (Å²) >= 11 is 0. The molecule has 0 aromatic heterocycles. The van der Waals surface area contributed by atoms with Crippen LogP contribution in [0.4, 0.5) is 0 Å². The number of hydrogen-bond donors (Lipinski definition) is 2. The van der Waals surface area contributed by atoms with Gasteiger partial charge in [0.25, 0.3) is 0 Å². The van der Waals surface area contributed by atoms with Crippen molar-refractivity contribution in [3.05, 3.63) is 0 Å². The molecule has 2 rings (SSSR count). The van der Waals surface area contributed by atoms with Gasteiger partial charge in [-0.2, -0.15) is 0 Å². The van der Waals surface area contributed by atoms with Crippen LogP contribution >= 0.6 is 12.4 Å². The zero-order valence-corrected chi connectivity index (χ0v) is 11.9. The van der Waals surface area contributed by atoms with E-state index < -0.39 is 0 Å². The fourth-order valence-electron chi connectivity index (χ4n) is 2.74. The van der Waals surface area contributed by atoms with Gasteiger partial charge in [-0.1, -0.05) is 25.7 Å². The number of carbonyl (C=O) groups excluding carboxylic acids is 1. The highest BCUT2D eigenvalue weighted by atomic mass is 35.5. The summed E-state index contributed by atoms with van der Waals surface area (Å²) in [7, 11) is 0. The second-order valence-electron chi connectivity index (χ2n) is 5.20. The van der Waals surface area contributed by atoms with E-state index in [1.165, 1.54) is 25.7 Å². The lowest BCUT2D eigenvalue weighted by atomic mass is 10.1. The Morgan fingerprint density at radius 1 is 1.22 bits per heavy atom. The van der Waals surface area contributed by atoms with E-state index in [9.17, 15) is 4.79 Å². The molecule has 2 N–H and O–H groups in total. The molecule has 0 aromatic carbocycles. The molecule has 4 nitrogen and oxygen atoms in total. The molecule has 1 aliphatic carbocycles. The Morgan fingerprint density at radius 2 is 1.89 bits per heavy atom. The summed E-state index contributed by atoms with van der Waals surface area (Å²) in [5.41, 5.74) is 0. The second-order valence-corrected chi connectivity index (χ2v) is 5.20. The van der Waals surface area contributed by atoms with Crippen molar-refractivity contribution in [3.63, 3.8) is 0 Å². The number of hydrogen-bond acceptors (Lipinski definition) is 3. The third kappa shape index (κ3) is 4.41. The number of carbonyl (C=O) groups is 1. The van der Waals surface area contributed by atoms with E-state index in [1.54, 1.807) is 0 Å². The lowest BCUT2D eigenvalue weighted by Crippen LogP contribution is -2.57. The highest BCUT2D eigenvalue weighted by Crippen LogP contribution is 2.17. The summed E-state index contributed by atoms with van der Waals surface area (Å²) in [6.45, 7) is 3.44. The van der Waals surface area contributed by atoms with Gasteiger partial charge in [0.05, 0.1) is 12.7 Å². The van der Waals surface area contributed by atoms with E-state index >= 15 is 0 Å². The Labute approximate surface area is 116 Å². The first kappa shape index (κ1) is 15.7. The van der Waals surface area contributed by atoms with Crippen LogP contribution in [0.5, 0.6) is 0 Å². The molecular weight excluding hydrogens is 252 g/mol. The van der Waals surface area contributed by atoms with Gasteiger partial charge in [0.2, 0.25) is 5.91 Å². The molecule has 18 heavy (non-hydrogen) atoms. The summed E-state index contributed by atoms with van der Waals surface area (Å²) in [4.78, 5) is 12.1. The van der Waals surface area contributed by atoms with Crippen molar-refractivity contribution in [1.82, 2.24) is 10.6 Å². The van der Waals surface area contributed by atoms with Crippen molar-refractivity contribution in [1.29, 1.82) is 0 Å². The molecule has 0 bridgehead atoms. The molecular formula is C13H25ClN2O2. The fraction of sp³-hybridized carbons (Fsp3) is 0.923. The monoisotopic (exact) mass is 276 g/mol. The molecule has 2 fully saturated rings. The van der Waals surface area contributed by atoms with Gasteiger partial charge in [0.15, 0.2) is 0 Å². The highest BCUT2D eigenvalue weighted by Gasteiger charge is 2.29. The van der Waals surface area contributed by atoms with Gasteiger partial charge >= 0.3 is 0 Å². The van der Waals surface area contributed by atoms with Crippen LogP contribution in [-0.2, 0) is 9.53 Å². The maximum atomic E-state index is 12.1. The van der Waals surface area contributed by atoms with E-state index in [0.29, 0.717) is 12.6 Å². The summed E-state index contributed by atoms with van der Waals surface area (Å²) in [6, 6.07) is 0.202. The van der Waals surface area contributed by atoms with Crippen molar-refractivity contribution < 1.29 is 9.53 Å². The largest absolute Gasteiger partial charge is 0.375 e. The van der Waals surface area contributed by atoms with Gasteiger partial charge in [-0.15, -0.1) is 12.4 Å². The Bertz CT molecular complexity index is 255. The first-order valence-electron chi connectivity index (χ1n) is 6.93. The van der Waals surface area contributed by atoms with Crippen LogP contribution in [0.25, 0.3) is 0 Å². The first-order chi connectivity index (χ1) is 8.27. The molecule has 106 valence electrons. The van der Waals surface area contributed by atoms with Crippen LogP contribution < -0.4 is 10.6 Å². The quantitative estimate of drug-likeness (QED) is 0.754. The summed E-state index contributed by atoms with van der Waals surface area (Å²) in [5.74, 6) is 0.115. The van der Waals surface area contributed by atoms with E-state index in [-0.39, 0.29) is 30.5 Å². The molecule has 1 heterocycles. The number of ether oxygens (including phenoxy) is 1. The predicted octanol–water partition coefficient (Wildman–Crippen LogP) is 1.62. The molecule has 1 saturated heterocycles. The van der Waals surface area contributed by atoms with Crippen molar-refractivity contribution in [2.75, 3.05) is 13.2 Å². The lowest BCUT2D eigenvalue weighted by Gasteiger charge is -2.30. The zero-order chi connectivity index (χ0) is 12.1. The molecule has 0 unspecified atom stereocenters. The number of morpholine rings is 1. The first-order valence-corrected chi connectivity index (χ1v) is 6.93. The van der Waals surface area contributed by atoms with E-state index in [2.05, 4.69) is 10.6 Å². The predicted molar refractivity (Wildman–Crippen MR) is 74.1 cm³/mol. The van der Waals surface area contributed by atoms with E-state index in [1.807, 2.05) is 6.92 Å². The van der Waals surface area contributed by atoms with Crippen LogP contribution in [0.15, 0.2) is 0 Å². The van der Waals surface area contributed by atoms with E-state index in [0.717, 1.165) is 19.4 Å². The minimum atomic E-state index is -0.174. The Hall–Kier alpha value is -0.320. The van der Waals surface area contributed by atoms with Gasteiger partial charge in [0, 0.05) is 12.6 Å². The van der Waals surface area contributed by atoms with Crippen molar-refractivity contribution in [3.8, 4) is 0 Å². The third-order valence-corrected chi connectivity index (χ3v) is 3.80. The van der Waals surface area contributed by atoms with Gasteiger partial charge in [-0.3, -0.25) is 4.79 Å². The average molecular weight is 277 g/mol. The summed E-state index contributed by atoms with van der Waals surface area (Å²) < 4.78 is 5.50. The topological polar surface area (TPSA) is 50.4 Å². The smallest absolute Gasteiger partial charge is 0.240 e. The fourth-order valence-corrected chi connectivity index (χ4v) is 2.74. The maximum Gasteiger partial charge on any atom is 0.240 e. The average Bonchev–Trinajstić information content (AvgIpc) is 2.58. The molecule has 0 spiro atoms. The molecule has 1 amide bonds. The lowest BCUT2D eigenvalue weighted by molar-refractivity contribution is -0.129. The van der Waals surface area contributed by atoms with Crippen LogP contribution in [0.1, 0.15) is 45.4 Å². The Balaban J connectivity index is 0.00000162. The van der Waals surface area contributed by atoms with Gasteiger partial charge in [0.1, 0.15) is 6.04 Å². The summed E-state index contributed by atoms with van der Waals surface area (Å²) in [6.07, 6.45) is 7.36. The van der Waals surface area contributed by atoms with Gasteiger partial charge in [-0.05, 0) is 19.8 Å². The van der Waals surface area contributed by atoms with Crippen LogP contribution in [-0.4, -0.2) is 37.2 Å². The Morgan fingerprint density at radius 3 is 2.50 bits per heavy atom. The normalized spacial score (nSPS) is 30.1. The number of halogens is 1. The molecule has 1 saturated carbocycles. The Kier molecular flexibility index (Phi) is 6.97. The molecule has 1 aliphatic heterocycles. The number of nitrogens with one attached hydrogen (secondary N) is 2. The van der Waals surface area contributed by atoms with Gasteiger partial charge in [-0.25, -0.2) is 0 Å². The molecule has 0 radical (unpaired) electrons. The number of amides is 1. The minimum absolute atomic E-state index is 0. The second kappa shape index (κ2) is 7.97. The minimum Gasteiger partial charge on any atom is -0.375 e. The molecule has 0 aromatic rings. The third-order valence-electron chi connectivity index (χ3n) is 3.80. The SMILES string of the molecule is C[C@H]1OCCN[C@@H]1C(=O)NC1CCCCCC1.Cl. The standard InChI is InChI=1S/C13H24N2O2.ClH/c1-10-12(14-8-9-17-10)13(16)15-11-6-4-2-3-5-7-11;/h10-12,14H,2-9H2,1H3,(H,15,16);1H/t10-,12+;/m1./s1. The van der Waals surface area contributed by atoms with Crippen LogP contribution in [0, 0.1) is 0 Å². The van der Waals surface area contributed by atoms with Crippen LogP contribution in [0.2, 0.25) is 0 Å². The van der Waals surface area contributed by atoms with Gasteiger partial charge < -0.3 is 15.4 Å². The highest BCUT2D eigenvalue weighted by molar-refractivity contribution is 5.85. The van der Waals surface area contributed by atoms with Crippen molar-refractivity contribution >= 4 is 18.3 Å². The zero-order valence-electron chi connectivity index (χ0n) is 11.1. The molecule has 5 heteroatoms. The maximum absolute atomic E-state index is 12.1. The number of rotatable bonds is 2. The van der Waals surface area contributed by atoms with Crippen molar-refractivity contribution in [2.24, 2.45) is 0 Å². The summed E-state index contributed by atoms with van der Waals surface area (Å²) in [5, 5.41) is 6.41. The van der Waals surface area contributed by atoms with Crippen molar-refractivity contribution in [2.45, 2.75) is 63.6 Å². The molecule has 2 atom stereocenters.